The number of anilines is 1. The Morgan fingerprint density at radius 2 is 1.83 bits per heavy atom. The number of hydrogen-bond donors (Lipinski definition) is 2. The molecule has 0 atom stereocenters. The van der Waals surface area contributed by atoms with Crippen LogP contribution in [0.2, 0.25) is 0 Å². The van der Waals surface area contributed by atoms with Gasteiger partial charge >= 0.3 is 6.01 Å². The molecule has 0 aliphatic carbocycles. The van der Waals surface area contributed by atoms with Gasteiger partial charge in [0.05, 0.1) is 25.8 Å². The largest absolute Gasteiger partial charge is 0.497 e. The van der Waals surface area contributed by atoms with Crippen LogP contribution in [0.15, 0.2) is 48.5 Å². The number of benzene rings is 2. The third kappa shape index (κ3) is 5.81. The molecular weight excluding hydrogens is 384 g/mol. The van der Waals surface area contributed by atoms with Gasteiger partial charge in [0.1, 0.15) is 5.75 Å². The molecule has 3 N–H and O–H groups in total. The lowest BCUT2D eigenvalue weighted by atomic mass is 10.2. The van der Waals surface area contributed by atoms with Crippen LogP contribution in [-0.4, -0.2) is 34.8 Å². The molecule has 30 heavy (non-hydrogen) atoms. The van der Waals surface area contributed by atoms with Gasteiger partial charge in [0.25, 0.3) is 0 Å². The van der Waals surface area contributed by atoms with Gasteiger partial charge in [0.2, 0.25) is 5.91 Å². The molecule has 1 aromatic heterocycles. The Labute approximate surface area is 175 Å². The molecule has 1 amide bonds. The van der Waals surface area contributed by atoms with Gasteiger partial charge in [-0.3, -0.25) is 10.0 Å². The zero-order valence-corrected chi connectivity index (χ0v) is 17.0. The molecule has 0 saturated carbocycles. The molecule has 0 aliphatic rings. The molecule has 8 heteroatoms. The fourth-order valence-electron chi connectivity index (χ4n) is 3.02. The third-order valence-corrected chi connectivity index (χ3v) is 4.60. The summed E-state index contributed by atoms with van der Waals surface area (Å²) in [5.74, 6) is 0.834. The summed E-state index contributed by atoms with van der Waals surface area (Å²) in [4.78, 5) is 19.6. The highest BCUT2D eigenvalue weighted by Crippen LogP contribution is 2.26. The van der Waals surface area contributed by atoms with Gasteiger partial charge in [-0.1, -0.05) is 24.3 Å². The number of para-hydroxylation sites is 1. The maximum atomic E-state index is 10.8. The number of nitrogens with zero attached hydrogens (tertiary/aromatic N) is 3. The second kappa shape index (κ2) is 10.4. The number of carbonyl (C=O) groups excluding carboxylic acids is 1. The number of hydroxylamine groups is 1. The van der Waals surface area contributed by atoms with Crippen LogP contribution in [0.25, 0.3) is 10.9 Å². The van der Waals surface area contributed by atoms with Crippen LogP contribution >= 0.6 is 0 Å². The summed E-state index contributed by atoms with van der Waals surface area (Å²) in [5, 5.41) is 12.5. The van der Waals surface area contributed by atoms with Crippen molar-refractivity contribution in [3.05, 3.63) is 54.1 Å². The third-order valence-electron chi connectivity index (χ3n) is 4.60. The Hall–Kier alpha value is -3.39. The van der Waals surface area contributed by atoms with Crippen molar-refractivity contribution < 1.29 is 19.5 Å². The number of rotatable bonds is 11. The number of carbonyl (C=O) groups is 1. The molecule has 3 rings (SSSR count). The van der Waals surface area contributed by atoms with Crippen LogP contribution in [0.3, 0.4) is 0 Å². The number of unbranched alkanes of at least 4 members (excludes halogenated alkanes) is 2. The second-order valence-electron chi connectivity index (χ2n) is 6.88. The van der Waals surface area contributed by atoms with Gasteiger partial charge in [-0.2, -0.15) is 9.97 Å². The highest BCUT2D eigenvalue weighted by molar-refractivity contribution is 5.89. The SMILES string of the molecule is COc1ccc(CN(O)c2nc(OCCCCCC(N)=O)nc3ccccc23)cc1. The van der Waals surface area contributed by atoms with E-state index in [1.54, 1.807) is 7.11 Å². The second-order valence-corrected chi connectivity index (χ2v) is 6.88. The van der Waals surface area contributed by atoms with E-state index in [1.165, 1.54) is 0 Å². The van der Waals surface area contributed by atoms with Crippen LogP contribution in [0.1, 0.15) is 31.2 Å². The van der Waals surface area contributed by atoms with Crippen molar-refractivity contribution in [1.82, 2.24) is 9.97 Å². The van der Waals surface area contributed by atoms with E-state index in [2.05, 4.69) is 9.97 Å². The summed E-state index contributed by atoms with van der Waals surface area (Å²) in [6.45, 7) is 0.665. The number of nitrogens with two attached hydrogens (primary N) is 1. The van der Waals surface area contributed by atoms with Crippen LogP contribution in [-0.2, 0) is 11.3 Å². The lowest BCUT2D eigenvalue weighted by Gasteiger charge is -2.18. The summed E-state index contributed by atoms with van der Waals surface area (Å²) in [5.41, 5.74) is 6.72. The van der Waals surface area contributed by atoms with Crippen molar-refractivity contribution in [3.63, 3.8) is 0 Å². The van der Waals surface area contributed by atoms with E-state index in [0.717, 1.165) is 41.0 Å². The van der Waals surface area contributed by atoms with Crippen LogP contribution in [0.5, 0.6) is 11.8 Å². The summed E-state index contributed by atoms with van der Waals surface area (Å²) in [6, 6.07) is 15.1. The Morgan fingerprint density at radius 1 is 1.07 bits per heavy atom. The van der Waals surface area contributed by atoms with Crippen molar-refractivity contribution in [3.8, 4) is 11.8 Å². The van der Waals surface area contributed by atoms with Gasteiger partial charge < -0.3 is 15.2 Å². The van der Waals surface area contributed by atoms with Gasteiger partial charge in [0.15, 0.2) is 5.82 Å². The lowest BCUT2D eigenvalue weighted by molar-refractivity contribution is -0.118. The van der Waals surface area contributed by atoms with Gasteiger partial charge in [0, 0.05) is 11.8 Å². The molecule has 8 nitrogen and oxygen atoms in total. The van der Waals surface area contributed by atoms with E-state index in [1.807, 2.05) is 48.5 Å². The molecule has 1 heterocycles. The minimum absolute atomic E-state index is 0.201. The average Bonchev–Trinajstić information content (AvgIpc) is 2.76. The van der Waals surface area contributed by atoms with Crippen molar-refractivity contribution in [2.75, 3.05) is 18.8 Å². The Morgan fingerprint density at radius 3 is 2.57 bits per heavy atom. The van der Waals surface area contributed by atoms with Crippen molar-refractivity contribution in [2.24, 2.45) is 5.73 Å². The summed E-state index contributed by atoms with van der Waals surface area (Å²) in [6.07, 6.45) is 2.69. The first-order valence-electron chi connectivity index (χ1n) is 9.84. The maximum Gasteiger partial charge on any atom is 0.319 e. The van der Waals surface area contributed by atoms with Crippen LogP contribution in [0, 0.1) is 0 Å². The molecular formula is C22H26N4O4. The molecule has 0 saturated heterocycles. The van der Waals surface area contributed by atoms with Gasteiger partial charge in [-0.15, -0.1) is 0 Å². The van der Waals surface area contributed by atoms with E-state index in [-0.39, 0.29) is 18.5 Å². The number of aromatic nitrogens is 2. The Bertz CT molecular complexity index is 979. The number of fused-ring (bicyclic) bond motifs is 1. The monoisotopic (exact) mass is 410 g/mol. The first-order chi connectivity index (χ1) is 14.6. The number of primary amides is 1. The molecule has 0 fully saturated rings. The van der Waals surface area contributed by atoms with E-state index >= 15 is 0 Å². The highest BCUT2D eigenvalue weighted by Gasteiger charge is 2.14. The van der Waals surface area contributed by atoms with Crippen molar-refractivity contribution in [1.29, 1.82) is 0 Å². The smallest absolute Gasteiger partial charge is 0.319 e. The molecule has 0 unspecified atom stereocenters. The zero-order chi connectivity index (χ0) is 21.3. The topological polar surface area (TPSA) is 111 Å². The minimum Gasteiger partial charge on any atom is -0.497 e. The van der Waals surface area contributed by atoms with E-state index in [0.29, 0.717) is 24.4 Å². The first-order valence-corrected chi connectivity index (χ1v) is 9.84. The summed E-state index contributed by atoms with van der Waals surface area (Å²) in [7, 11) is 1.61. The van der Waals surface area contributed by atoms with Gasteiger partial charge in [-0.05, 0) is 49.1 Å². The number of hydrogen-bond acceptors (Lipinski definition) is 7. The summed E-state index contributed by atoms with van der Waals surface area (Å²) >= 11 is 0. The van der Waals surface area contributed by atoms with Crippen molar-refractivity contribution in [2.45, 2.75) is 32.2 Å². The Kier molecular flexibility index (Phi) is 7.40. The molecule has 0 radical (unpaired) electrons. The van der Waals surface area contributed by atoms with Crippen molar-refractivity contribution >= 4 is 22.6 Å². The Balaban J connectivity index is 1.71. The fraction of sp³-hybridized carbons (Fsp3) is 0.318. The van der Waals surface area contributed by atoms with Crippen LogP contribution in [0.4, 0.5) is 5.82 Å². The first kappa shape index (κ1) is 21.3. The van der Waals surface area contributed by atoms with Gasteiger partial charge in [-0.25, -0.2) is 5.06 Å². The zero-order valence-electron chi connectivity index (χ0n) is 17.0. The molecule has 0 spiro atoms. The molecule has 3 aromatic rings. The predicted octanol–water partition coefficient (Wildman–Crippen LogP) is 3.46. The molecule has 0 aliphatic heterocycles. The quantitative estimate of drug-likeness (QED) is 0.368. The maximum absolute atomic E-state index is 10.8. The lowest BCUT2D eigenvalue weighted by Crippen LogP contribution is -2.19. The predicted molar refractivity (Wildman–Crippen MR) is 114 cm³/mol. The molecule has 158 valence electrons. The van der Waals surface area contributed by atoms with E-state index < -0.39 is 0 Å². The van der Waals surface area contributed by atoms with Crippen LogP contribution < -0.4 is 20.3 Å². The number of ether oxygens (including phenoxy) is 2. The van der Waals surface area contributed by atoms with E-state index in [4.69, 9.17) is 15.2 Å². The summed E-state index contributed by atoms with van der Waals surface area (Å²) < 4.78 is 10.9. The standard InChI is InChI=1S/C22H26N4O4/c1-29-17-12-10-16(11-13-17)15-26(28)21-18-7-4-5-8-19(18)24-22(25-21)30-14-6-2-3-9-20(23)27/h4-5,7-8,10-13,28H,2-3,6,9,14-15H2,1H3,(H2,23,27). The highest BCUT2D eigenvalue weighted by atomic mass is 16.5. The average molecular weight is 410 g/mol. The molecule has 2 aromatic carbocycles. The fourth-order valence-corrected chi connectivity index (χ4v) is 3.02. The minimum atomic E-state index is -0.293. The number of amides is 1. The normalized spacial score (nSPS) is 10.7. The molecule has 0 bridgehead atoms. The number of methoxy groups -OCH3 is 1. The van der Waals surface area contributed by atoms with E-state index in [9.17, 15) is 10.0 Å².